The summed E-state index contributed by atoms with van der Waals surface area (Å²) in [5.41, 5.74) is 0. The zero-order chi connectivity index (χ0) is 10.9. The maximum atomic E-state index is 10.1. The highest BCUT2D eigenvalue weighted by Crippen LogP contribution is 2.41. The molecule has 1 saturated heterocycles. The molecule has 6 heteroatoms. The van der Waals surface area contributed by atoms with Gasteiger partial charge in [-0.2, -0.15) is 16.6 Å². The van der Waals surface area contributed by atoms with Gasteiger partial charge in [-0.15, -0.1) is 10.2 Å². The van der Waals surface area contributed by atoms with Gasteiger partial charge in [0.15, 0.2) is 5.82 Å². The summed E-state index contributed by atoms with van der Waals surface area (Å²) in [4.78, 5) is 1.42. The van der Waals surface area contributed by atoms with E-state index in [1.807, 2.05) is 11.8 Å². The fraction of sp³-hybridized carbons (Fsp3) is 0.889. The summed E-state index contributed by atoms with van der Waals surface area (Å²) in [5, 5.41) is 21.9. The van der Waals surface area contributed by atoms with Crippen LogP contribution in [0.25, 0.3) is 0 Å². The number of thioether (sulfide) groups is 1. The molecule has 2 unspecified atom stereocenters. The molecule has 1 aliphatic heterocycles. The maximum absolute atomic E-state index is 10.1. The highest BCUT2D eigenvalue weighted by molar-refractivity contribution is 8.00. The van der Waals surface area contributed by atoms with Crippen molar-refractivity contribution in [3.8, 4) is 0 Å². The molecule has 1 fully saturated rings. The van der Waals surface area contributed by atoms with Gasteiger partial charge in [-0.1, -0.05) is 0 Å². The van der Waals surface area contributed by atoms with E-state index in [1.165, 1.54) is 11.2 Å². The van der Waals surface area contributed by atoms with Crippen LogP contribution >= 0.6 is 11.8 Å². The highest BCUT2D eigenvalue weighted by atomic mass is 32.2. The van der Waals surface area contributed by atoms with Gasteiger partial charge >= 0.3 is 0 Å². The van der Waals surface area contributed by atoms with Gasteiger partial charge in [-0.3, -0.25) is 0 Å². The van der Waals surface area contributed by atoms with Gasteiger partial charge in [0.05, 0.1) is 13.2 Å². The second-order valence-electron chi connectivity index (χ2n) is 4.18. The average Bonchev–Trinajstić information content (AvgIpc) is 2.76. The molecule has 2 rings (SSSR count). The average molecular weight is 228 g/mol. The van der Waals surface area contributed by atoms with Gasteiger partial charge in [-0.25, -0.2) is 0 Å². The molecular formula is C9H16N4OS. The van der Waals surface area contributed by atoms with Gasteiger partial charge in [0.25, 0.3) is 0 Å². The van der Waals surface area contributed by atoms with Gasteiger partial charge in [0, 0.05) is 11.2 Å². The van der Waals surface area contributed by atoms with E-state index in [0.29, 0.717) is 12.2 Å². The van der Waals surface area contributed by atoms with Crippen molar-refractivity contribution in [2.45, 2.75) is 37.0 Å². The maximum Gasteiger partial charge on any atom is 0.177 e. The van der Waals surface area contributed by atoms with Gasteiger partial charge < -0.3 is 5.11 Å². The summed E-state index contributed by atoms with van der Waals surface area (Å²) >= 11 is 1.85. The summed E-state index contributed by atoms with van der Waals surface area (Å²) in [6.45, 7) is 2.12. The summed E-state index contributed by atoms with van der Waals surface area (Å²) in [5.74, 6) is 1.76. The van der Waals surface area contributed by atoms with Crippen molar-refractivity contribution < 1.29 is 5.11 Å². The first kappa shape index (κ1) is 10.9. The Morgan fingerprint density at radius 1 is 1.67 bits per heavy atom. The van der Waals surface area contributed by atoms with E-state index in [2.05, 4.69) is 22.3 Å². The van der Waals surface area contributed by atoms with Crippen LogP contribution in [0.4, 0.5) is 0 Å². The minimum absolute atomic E-state index is 0.0286. The lowest BCUT2D eigenvalue weighted by molar-refractivity contribution is 0.131. The summed E-state index contributed by atoms with van der Waals surface area (Å²) in [6.07, 6.45) is 2.37. The Morgan fingerprint density at radius 3 is 3.00 bits per heavy atom. The van der Waals surface area contributed by atoms with Crippen LogP contribution in [0.3, 0.4) is 0 Å². The number of tetrazole rings is 1. The largest absolute Gasteiger partial charge is 0.391 e. The summed E-state index contributed by atoms with van der Waals surface area (Å²) in [6, 6.07) is 0. The van der Waals surface area contributed by atoms with Crippen molar-refractivity contribution in [2.75, 3.05) is 5.75 Å². The predicted molar refractivity (Wildman–Crippen MR) is 58.6 cm³/mol. The molecule has 0 bridgehead atoms. The number of rotatable bonds is 3. The molecule has 1 aromatic rings. The van der Waals surface area contributed by atoms with Crippen LogP contribution < -0.4 is 0 Å². The SMILES string of the molecule is Cn1nnc(CC(O)C2(C)CCCS2)n1. The van der Waals surface area contributed by atoms with E-state index in [-0.39, 0.29) is 10.9 Å². The number of aryl methyl sites for hydroxylation is 1. The molecule has 1 N–H and O–H groups in total. The molecule has 84 valence electrons. The Morgan fingerprint density at radius 2 is 2.47 bits per heavy atom. The molecule has 0 saturated carbocycles. The van der Waals surface area contributed by atoms with Crippen LogP contribution in [0.5, 0.6) is 0 Å². The molecule has 0 aromatic carbocycles. The smallest absolute Gasteiger partial charge is 0.177 e. The monoisotopic (exact) mass is 228 g/mol. The van der Waals surface area contributed by atoms with Crippen LogP contribution in [-0.2, 0) is 13.5 Å². The van der Waals surface area contributed by atoms with E-state index >= 15 is 0 Å². The van der Waals surface area contributed by atoms with E-state index in [4.69, 9.17) is 0 Å². The Labute approximate surface area is 93.2 Å². The van der Waals surface area contributed by atoms with Crippen molar-refractivity contribution in [3.05, 3.63) is 5.82 Å². The summed E-state index contributed by atoms with van der Waals surface area (Å²) in [7, 11) is 1.73. The second-order valence-corrected chi connectivity index (χ2v) is 5.81. The van der Waals surface area contributed by atoms with Crippen molar-refractivity contribution in [2.24, 2.45) is 7.05 Å². The van der Waals surface area contributed by atoms with Crippen molar-refractivity contribution in [1.29, 1.82) is 0 Å². The van der Waals surface area contributed by atoms with Crippen molar-refractivity contribution >= 4 is 11.8 Å². The van der Waals surface area contributed by atoms with E-state index in [0.717, 1.165) is 12.2 Å². The minimum Gasteiger partial charge on any atom is -0.391 e. The third-order valence-corrected chi connectivity index (χ3v) is 4.51. The number of hydrogen-bond acceptors (Lipinski definition) is 5. The Hall–Kier alpha value is -0.620. The lowest BCUT2D eigenvalue weighted by Gasteiger charge is -2.28. The number of aliphatic hydroxyl groups is 1. The molecule has 0 aliphatic carbocycles. The second kappa shape index (κ2) is 4.09. The zero-order valence-electron chi connectivity index (χ0n) is 9.05. The van der Waals surface area contributed by atoms with E-state index in [1.54, 1.807) is 7.05 Å². The Bertz CT molecular complexity index is 335. The fourth-order valence-corrected chi connectivity index (χ4v) is 3.18. The quantitative estimate of drug-likeness (QED) is 0.811. The molecule has 0 radical (unpaired) electrons. The zero-order valence-corrected chi connectivity index (χ0v) is 9.87. The first-order chi connectivity index (χ1) is 7.10. The number of nitrogens with zero attached hydrogens (tertiary/aromatic N) is 4. The summed E-state index contributed by atoms with van der Waals surface area (Å²) < 4.78 is -0.0286. The van der Waals surface area contributed by atoms with Crippen molar-refractivity contribution in [1.82, 2.24) is 20.2 Å². The van der Waals surface area contributed by atoms with Gasteiger partial charge in [-0.05, 0) is 30.7 Å². The first-order valence-electron chi connectivity index (χ1n) is 5.15. The number of aliphatic hydroxyl groups excluding tert-OH is 1. The normalized spacial score (nSPS) is 28.2. The lowest BCUT2D eigenvalue weighted by atomic mass is 9.96. The predicted octanol–water partition coefficient (Wildman–Crippen LogP) is 0.399. The Kier molecular flexibility index (Phi) is 2.97. The minimum atomic E-state index is -0.380. The molecule has 0 amide bonds. The molecule has 2 atom stereocenters. The number of aromatic nitrogens is 4. The third kappa shape index (κ3) is 2.31. The van der Waals surface area contributed by atoms with E-state index < -0.39 is 0 Å². The molecule has 15 heavy (non-hydrogen) atoms. The van der Waals surface area contributed by atoms with E-state index in [9.17, 15) is 5.11 Å². The molecule has 1 aromatic heterocycles. The number of hydrogen-bond donors (Lipinski definition) is 1. The molecule has 5 nitrogen and oxygen atoms in total. The van der Waals surface area contributed by atoms with Crippen LogP contribution in [0.2, 0.25) is 0 Å². The lowest BCUT2D eigenvalue weighted by Crippen LogP contribution is -2.35. The van der Waals surface area contributed by atoms with Gasteiger partial charge in [0.1, 0.15) is 0 Å². The third-order valence-electron chi connectivity index (χ3n) is 2.88. The molecule has 0 spiro atoms. The fourth-order valence-electron chi connectivity index (χ4n) is 1.86. The molecular weight excluding hydrogens is 212 g/mol. The van der Waals surface area contributed by atoms with Crippen LogP contribution in [0.1, 0.15) is 25.6 Å². The van der Waals surface area contributed by atoms with Gasteiger partial charge in [0.2, 0.25) is 0 Å². The van der Waals surface area contributed by atoms with Crippen LogP contribution in [0, 0.1) is 0 Å². The topological polar surface area (TPSA) is 63.8 Å². The van der Waals surface area contributed by atoms with Crippen LogP contribution in [-0.4, -0.2) is 41.9 Å². The molecule has 2 heterocycles. The van der Waals surface area contributed by atoms with Crippen LogP contribution in [0.15, 0.2) is 0 Å². The highest BCUT2D eigenvalue weighted by Gasteiger charge is 2.37. The standard InChI is InChI=1S/C9H16N4OS/c1-9(4-3-5-15-9)7(14)6-8-10-12-13(2)11-8/h7,14H,3-6H2,1-2H3. The Balaban J connectivity index is 1.99. The molecule has 1 aliphatic rings. The first-order valence-corrected chi connectivity index (χ1v) is 6.14. The van der Waals surface area contributed by atoms with Crippen molar-refractivity contribution in [3.63, 3.8) is 0 Å².